The number of aromatic carboxylic acids is 1. The molecule has 0 spiro atoms. The average Bonchev–Trinajstić information content (AvgIpc) is 2.37. The number of pyridine rings is 1. The van der Waals surface area contributed by atoms with Crippen molar-refractivity contribution in [1.29, 1.82) is 0 Å². The van der Waals surface area contributed by atoms with Crippen LogP contribution in [0.4, 0.5) is 0 Å². The molecule has 0 unspecified atom stereocenters. The summed E-state index contributed by atoms with van der Waals surface area (Å²) in [5.74, 6) is -1.19. The fourth-order valence-electron chi connectivity index (χ4n) is 2.08. The van der Waals surface area contributed by atoms with E-state index in [-0.39, 0.29) is 29.8 Å². The predicted octanol–water partition coefficient (Wildman–Crippen LogP) is -0.278. The van der Waals surface area contributed by atoms with E-state index in [2.05, 4.69) is 37.9 Å². The second-order valence-corrected chi connectivity index (χ2v) is 5.94. The third-order valence-electron chi connectivity index (χ3n) is 3.35. The average molecular weight is 275 g/mol. The summed E-state index contributed by atoms with van der Waals surface area (Å²) in [5, 5.41) is 10.9. The number of carboxylic acids is 1. The van der Waals surface area contributed by atoms with Gasteiger partial charge in [0.05, 0.1) is 11.7 Å². The molecule has 0 aliphatic rings. The summed E-state index contributed by atoms with van der Waals surface area (Å²) in [7, 11) is 0. The predicted molar refractivity (Wildman–Crippen MR) is 77.4 cm³/mol. The molecular weight excluding hydrogens is 257 g/mol. The molecule has 0 radical (unpaired) electrons. The summed E-state index contributed by atoms with van der Waals surface area (Å²) in [6.45, 7) is 8.18. The van der Waals surface area contributed by atoms with Crippen molar-refractivity contribution in [2.75, 3.05) is 0 Å². The standard InChI is InChI=1S/C17H19NO2.Li/c1-11-14(16(19)20)9-10-15(18-11)12-5-7-13(8-6-12)17(2,3)4;/h5-10H,1-4H3,(H,19,20);/q;+1/p-1. The van der Waals surface area contributed by atoms with E-state index in [0.29, 0.717) is 5.69 Å². The van der Waals surface area contributed by atoms with Crippen molar-refractivity contribution in [2.45, 2.75) is 33.1 Å². The van der Waals surface area contributed by atoms with Crippen LogP contribution in [0.2, 0.25) is 0 Å². The number of rotatable bonds is 2. The number of hydrogen-bond donors (Lipinski definition) is 0. The third kappa shape index (κ3) is 3.97. The molecule has 2 rings (SSSR count). The Kier molecular flexibility index (Phi) is 5.39. The number of hydrogen-bond acceptors (Lipinski definition) is 3. The summed E-state index contributed by atoms with van der Waals surface area (Å²) in [6.07, 6.45) is 0. The molecule has 0 N–H and O–H groups in total. The molecule has 2 aromatic rings. The van der Waals surface area contributed by atoms with Crippen molar-refractivity contribution >= 4 is 5.97 Å². The largest absolute Gasteiger partial charge is 1.00 e. The number of carbonyl (C=O) groups excluding carboxylic acids is 1. The molecule has 3 nitrogen and oxygen atoms in total. The van der Waals surface area contributed by atoms with Crippen LogP contribution >= 0.6 is 0 Å². The van der Waals surface area contributed by atoms with Gasteiger partial charge in [-0.15, -0.1) is 0 Å². The van der Waals surface area contributed by atoms with Gasteiger partial charge in [-0.25, -0.2) is 0 Å². The van der Waals surface area contributed by atoms with Crippen molar-refractivity contribution in [3.8, 4) is 11.3 Å². The Morgan fingerprint density at radius 1 is 1.05 bits per heavy atom. The summed E-state index contributed by atoms with van der Waals surface area (Å²) in [6, 6.07) is 11.5. The maximum atomic E-state index is 10.9. The van der Waals surface area contributed by atoms with Crippen molar-refractivity contribution in [1.82, 2.24) is 4.98 Å². The van der Waals surface area contributed by atoms with Gasteiger partial charge in [-0.2, -0.15) is 0 Å². The van der Waals surface area contributed by atoms with Crippen LogP contribution < -0.4 is 24.0 Å². The zero-order chi connectivity index (χ0) is 14.9. The molecule has 0 aliphatic carbocycles. The Morgan fingerprint density at radius 2 is 1.62 bits per heavy atom. The minimum Gasteiger partial charge on any atom is -0.545 e. The van der Waals surface area contributed by atoms with Crippen molar-refractivity contribution in [3.05, 3.63) is 53.2 Å². The van der Waals surface area contributed by atoms with E-state index in [9.17, 15) is 9.90 Å². The summed E-state index contributed by atoms with van der Waals surface area (Å²) < 4.78 is 0. The van der Waals surface area contributed by atoms with Gasteiger partial charge in [-0.1, -0.05) is 45.0 Å². The first kappa shape index (κ1) is 17.5. The van der Waals surface area contributed by atoms with Crippen LogP contribution in [0.1, 0.15) is 42.4 Å². The Labute approximate surface area is 137 Å². The van der Waals surface area contributed by atoms with Crippen LogP contribution in [0.3, 0.4) is 0 Å². The van der Waals surface area contributed by atoms with Crippen LogP contribution in [0, 0.1) is 6.92 Å². The van der Waals surface area contributed by atoms with Crippen molar-refractivity contribution < 1.29 is 28.8 Å². The Bertz CT molecular complexity index is 643. The van der Waals surface area contributed by atoms with Crippen LogP contribution in [-0.4, -0.2) is 11.0 Å². The molecule has 1 aromatic heterocycles. The molecule has 0 fully saturated rings. The monoisotopic (exact) mass is 275 g/mol. The van der Waals surface area contributed by atoms with E-state index >= 15 is 0 Å². The van der Waals surface area contributed by atoms with Gasteiger partial charge in [-0.05, 0) is 30.0 Å². The number of nitrogens with zero attached hydrogens (tertiary/aromatic N) is 1. The molecule has 21 heavy (non-hydrogen) atoms. The molecule has 104 valence electrons. The molecule has 1 heterocycles. The minimum absolute atomic E-state index is 0. The fourth-order valence-corrected chi connectivity index (χ4v) is 2.08. The number of aryl methyl sites for hydroxylation is 1. The first-order valence-electron chi connectivity index (χ1n) is 6.59. The number of carboxylic acid groups (broad SMARTS) is 1. The van der Waals surface area contributed by atoms with Gasteiger partial charge in [-0.3, -0.25) is 4.98 Å². The van der Waals surface area contributed by atoms with E-state index in [4.69, 9.17) is 0 Å². The van der Waals surface area contributed by atoms with E-state index < -0.39 is 5.97 Å². The molecule has 4 heteroatoms. The maximum absolute atomic E-state index is 10.9. The Morgan fingerprint density at radius 3 is 2.05 bits per heavy atom. The third-order valence-corrected chi connectivity index (χ3v) is 3.35. The van der Waals surface area contributed by atoms with Crippen LogP contribution in [0.25, 0.3) is 11.3 Å². The Hall–Kier alpha value is -1.56. The van der Waals surface area contributed by atoms with E-state index in [1.54, 1.807) is 19.1 Å². The molecule has 0 amide bonds. The smallest absolute Gasteiger partial charge is 0.545 e. The SMILES string of the molecule is Cc1nc(-c2ccc(C(C)(C)C)cc2)ccc1C(=O)[O-].[Li+]. The van der Waals surface area contributed by atoms with Gasteiger partial charge in [0.2, 0.25) is 0 Å². The topological polar surface area (TPSA) is 53.0 Å². The maximum Gasteiger partial charge on any atom is 1.00 e. The molecule has 0 saturated carbocycles. The second-order valence-electron chi connectivity index (χ2n) is 5.94. The molecule has 1 aromatic carbocycles. The van der Waals surface area contributed by atoms with Gasteiger partial charge in [0.15, 0.2) is 0 Å². The van der Waals surface area contributed by atoms with E-state index in [1.165, 1.54) is 5.56 Å². The normalized spacial score (nSPS) is 10.9. The van der Waals surface area contributed by atoms with Gasteiger partial charge in [0.25, 0.3) is 0 Å². The second kappa shape index (κ2) is 6.47. The van der Waals surface area contributed by atoms with Crippen molar-refractivity contribution in [3.63, 3.8) is 0 Å². The van der Waals surface area contributed by atoms with Gasteiger partial charge in [0.1, 0.15) is 0 Å². The van der Waals surface area contributed by atoms with E-state index in [1.807, 2.05) is 12.1 Å². The zero-order valence-electron chi connectivity index (χ0n) is 13.2. The minimum atomic E-state index is -1.19. The van der Waals surface area contributed by atoms with Crippen LogP contribution in [-0.2, 0) is 5.41 Å². The van der Waals surface area contributed by atoms with E-state index in [0.717, 1.165) is 11.3 Å². The molecule has 0 bridgehead atoms. The zero-order valence-corrected chi connectivity index (χ0v) is 13.2. The quantitative estimate of drug-likeness (QED) is 0.709. The summed E-state index contributed by atoms with van der Waals surface area (Å²) in [4.78, 5) is 15.2. The summed E-state index contributed by atoms with van der Waals surface area (Å²) in [5.41, 5.74) is 3.73. The first-order chi connectivity index (χ1) is 9.29. The molecule has 0 atom stereocenters. The molecular formula is C17H18LiNO2. The molecule has 0 aliphatic heterocycles. The Balaban J connectivity index is 0.00000220. The van der Waals surface area contributed by atoms with Crippen molar-refractivity contribution in [2.24, 2.45) is 0 Å². The van der Waals surface area contributed by atoms with Crippen LogP contribution in [0.15, 0.2) is 36.4 Å². The number of carbonyl (C=O) groups is 1. The van der Waals surface area contributed by atoms with Crippen LogP contribution in [0.5, 0.6) is 0 Å². The summed E-state index contributed by atoms with van der Waals surface area (Å²) >= 11 is 0. The van der Waals surface area contributed by atoms with Gasteiger partial charge >= 0.3 is 18.9 Å². The molecule has 0 saturated heterocycles. The number of benzene rings is 1. The fraction of sp³-hybridized carbons (Fsp3) is 0.294. The first-order valence-corrected chi connectivity index (χ1v) is 6.59. The van der Waals surface area contributed by atoms with Gasteiger partial charge in [0, 0.05) is 16.8 Å². The number of aromatic nitrogens is 1. The van der Waals surface area contributed by atoms with Gasteiger partial charge < -0.3 is 9.90 Å².